The van der Waals surface area contributed by atoms with Gasteiger partial charge in [-0.05, 0) is 97.1 Å². The van der Waals surface area contributed by atoms with Crippen LogP contribution in [0, 0.1) is 5.92 Å². The van der Waals surface area contributed by atoms with Crippen molar-refractivity contribution in [3.63, 3.8) is 0 Å². The first-order valence-corrected chi connectivity index (χ1v) is 25.5. The highest BCUT2D eigenvalue weighted by Crippen LogP contribution is 2.46. The molecule has 2 saturated carbocycles. The summed E-state index contributed by atoms with van der Waals surface area (Å²) in [7, 11) is -1.05. The number of benzene rings is 1. The quantitative estimate of drug-likeness (QED) is 0.0986. The van der Waals surface area contributed by atoms with Gasteiger partial charge in [0.2, 0.25) is 11.8 Å². The van der Waals surface area contributed by atoms with Gasteiger partial charge in [-0.15, -0.1) is 11.3 Å². The Kier molecular flexibility index (Phi) is 14.4. The van der Waals surface area contributed by atoms with Crippen molar-refractivity contribution in [2.75, 3.05) is 38.6 Å². The van der Waals surface area contributed by atoms with Gasteiger partial charge in [0.1, 0.15) is 60.3 Å². The number of hydrogen-bond donors (Lipinski definition) is 5. The van der Waals surface area contributed by atoms with E-state index in [0.717, 1.165) is 18.0 Å². The zero-order chi connectivity index (χ0) is 45.8. The van der Waals surface area contributed by atoms with Crippen LogP contribution in [0.25, 0.3) is 22.3 Å². The van der Waals surface area contributed by atoms with Crippen LogP contribution in [0.3, 0.4) is 0 Å². The van der Waals surface area contributed by atoms with Gasteiger partial charge in [-0.25, -0.2) is 24.4 Å². The molecule has 64 heavy (non-hydrogen) atoms. The van der Waals surface area contributed by atoms with E-state index in [0.29, 0.717) is 59.5 Å². The summed E-state index contributed by atoms with van der Waals surface area (Å²) >= 11 is 1.44. The highest BCUT2D eigenvalue weighted by Gasteiger charge is 2.61. The third-order valence-corrected chi connectivity index (χ3v) is 13.6. The number of aliphatic carboxylic acids is 1. The first-order valence-electron chi connectivity index (χ1n) is 21.9. The zero-order valence-corrected chi connectivity index (χ0v) is 38.5. The molecule has 3 aromatic rings. The number of hydrogen-bond acceptors (Lipinski definition) is 14. The van der Waals surface area contributed by atoms with Gasteiger partial charge in [0.25, 0.3) is 0 Å². The van der Waals surface area contributed by atoms with Crippen molar-refractivity contribution in [3.8, 4) is 22.9 Å². The minimum absolute atomic E-state index is 0.000157. The van der Waals surface area contributed by atoms with E-state index in [2.05, 4.69) is 21.3 Å². The highest BCUT2D eigenvalue weighted by atomic mass is 32.1. The van der Waals surface area contributed by atoms with Crippen LogP contribution in [-0.2, 0) is 28.4 Å². The van der Waals surface area contributed by atoms with E-state index in [9.17, 15) is 33.6 Å². The first kappa shape index (κ1) is 46.6. The van der Waals surface area contributed by atoms with Crippen molar-refractivity contribution >= 4 is 64.5 Å². The van der Waals surface area contributed by atoms with Gasteiger partial charge in [-0.2, -0.15) is 0 Å². The fourth-order valence-electron chi connectivity index (χ4n) is 8.45. The number of allylic oxidation sites excluding steroid dienone is 1. The Bertz CT molecular complexity index is 2310. The Hall–Kier alpha value is -5.42. The summed E-state index contributed by atoms with van der Waals surface area (Å²) < 4.78 is 36.1. The molecule has 1 unspecified atom stereocenters. The number of nitrogens with zero attached hydrogens (tertiary/aromatic N) is 3. The largest absolute Gasteiger partial charge is 0.497 e. The number of ether oxygens (including phenoxy) is 4. The Labute approximate surface area is 376 Å². The topological polar surface area (TPSA) is 237 Å². The van der Waals surface area contributed by atoms with Crippen LogP contribution in [0.15, 0.2) is 41.8 Å². The lowest BCUT2D eigenvalue weighted by Crippen LogP contribution is -2.56. The molecule has 18 nitrogen and oxygen atoms in total. The van der Waals surface area contributed by atoms with Crippen molar-refractivity contribution in [3.05, 3.63) is 41.8 Å². The molecule has 7 rings (SSSR count). The molecule has 20 heteroatoms. The van der Waals surface area contributed by atoms with E-state index in [1.165, 1.54) is 16.2 Å². The maximum absolute atomic E-state index is 14.9. The minimum atomic E-state index is -2.61. The Balaban J connectivity index is 1.21. The molecule has 346 valence electrons. The molecular formula is C44H58N7O11PS. The van der Waals surface area contributed by atoms with Crippen LogP contribution in [0.4, 0.5) is 14.7 Å². The van der Waals surface area contributed by atoms with Gasteiger partial charge >= 0.3 is 18.2 Å². The summed E-state index contributed by atoms with van der Waals surface area (Å²) in [6.45, 7) is 7.03. The second kappa shape index (κ2) is 19.8. The monoisotopic (exact) mass is 923 g/mol. The second-order valence-corrected chi connectivity index (χ2v) is 22.1. The van der Waals surface area contributed by atoms with Crippen LogP contribution >= 0.6 is 18.5 Å². The number of thiazole rings is 1. The van der Waals surface area contributed by atoms with Gasteiger partial charge in [0.15, 0.2) is 5.13 Å². The molecule has 4 amide bonds. The summed E-state index contributed by atoms with van der Waals surface area (Å²) in [6.07, 6.45) is 4.24. The van der Waals surface area contributed by atoms with E-state index in [1.807, 2.05) is 25.3 Å². The van der Waals surface area contributed by atoms with Crippen LogP contribution in [0.5, 0.6) is 11.5 Å². The molecule has 6 atom stereocenters. The number of carboxylic acids is 1. The number of carboxylic acid groups (broad SMARTS) is 1. The van der Waals surface area contributed by atoms with Crippen molar-refractivity contribution in [2.24, 2.45) is 5.92 Å². The van der Waals surface area contributed by atoms with Gasteiger partial charge in [0, 0.05) is 41.3 Å². The number of pyridine rings is 1. The molecule has 2 aliphatic heterocycles. The van der Waals surface area contributed by atoms with E-state index >= 15 is 0 Å². The average Bonchev–Trinajstić information content (AvgIpc) is 3.66. The SMILES string of the molecule is COc1ccc2c(O[C@@H]3C[C@H]4C(=O)N[C@]5(C(=O)O)C[C@H]5/C=C\CCC(OC(=O)NCP(C)(C)=O)CC[C@H](NC(=O)OC5CCCC5)C(=O)N4C3)cc(-c3csc(NC(C)C)n3)nc2c1. The number of fused-ring (bicyclic) bond motifs is 3. The summed E-state index contributed by atoms with van der Waals surface area (Å²) in [5.74, 6) is -2.02. The zero-order valence-electron chi connectivity index (χ0n) is 36.8. The van der Waals surface area contributed by atoms with Crippen LogP contribution in [-0.4, -0.2) is 125 Å². The smallest absolute Gasteiger partial charge is 0.408 e. The first-order chi connectivity index (χ1) is 30.5. The average molecular weight is 924 g/mol. The van der Waals surface area contributed by atoms with Crippen LogP contribution in [0.1, 0.15) is 78.1 Å². The highest BCUT2D eigenvalue weighted by molar-refractivity contribution is 7.62. The molecule has 4 heterocycles. The maximum atomic E-state index is 14.9. The predicted octanol–water partition coefficient (Wildman–Crippen LogP) is 6.34. The van der Waals surface area contributed by atoms with Crippen molar-refractivity contribution < 1.29 is 52.6 Å². The van der Waals surface area contributed by atoms with E-state index in [1.54, 1.807) is 50.8 Å². The molecular weight excluding hydrogens is 866 g/mol. The maximum Gasteiger partial charge on any atom is 0.408 e. The lowest BCUT2D eigenvalue weighted by Gasteiger charge is -2.30. The minimum Gasteiger partial charge on any atom is -0.497 e. The van der Waals surface area contributed by atoms with E-state index < -0.39 is 72.9 Å². The summed E-state index contributed by atoms with van der Waals surface area (Å²) in [6, 6.07) is 4.87. The lowest BCUT2D eigenvalue weighted by atomic mass is 10.0. The predicted molar refractivity (Wildman–Crippen MR) is 240 cm³/mol. The van der Waals surface area contributed by atoms with Crippen LogP contribution in [0.2, 0.25) is 0 Å². The third kappa shape index (κ3) is 11.4. The number of methoxy groups -OCH3 is 1. The molecule has 0 spiro atoms. The number of aromatic nitrogens is 2. The van der Waals surface area contributed by atoms with Crippen molar-refractivity contribution in [2.45, 2.75) is 120 Å². The van der Waals surface area contributed by atoms with Crippen molar-refractivity contribution in [1.29, 1.82) is 0 Å². The molecule has 0 bridgehead atoms. The number of nitrogens with one attached hydrogen (secondary N) is 4. The molecule has 2 aliphatic carbocycles. The number of amides is 4. The van der Waals surface area contributed by atoms with Gasteiger partial charge in [-0.3, -0.25) is 9.59 Å². The normalized spacial score (nSPS) is 25.8. The number of anilines is 1. The number of carbonyl (C=O) groups is 5. The van der Waals surface area contributed by atoms with Gasteiger partial charge < -0.3 is 54.8 Å². The Morgan fingerprint density at radius 2 is 1.75 bits per heavy atom. The molecule has 5 N–H and O–H groups in total. The van der Waals surface area contributed by atoms with E-state index in [-0.39, 0.29) is 50.7 Å². The van der Waals surface area contributed by atoms with Crippen LogP contribution < -0.4 is 30.7 Å². The molecule has 4 aliphatic rings. The Morgan fingerprint density at radius 3 is 2.47 bits per heavy atom. The lowest BCUT2D eigenvalue weighted by molar-refractivity contribution is -0.145. The second-order valence-electron chi connectivity index (χ2n) is 17.8. The molecule has 2 aromatic heterocycles. The third-order valence-electron chi connectivity index (χ3n) is 11.9. The molecule has 3 fully saturated rings. The summed E-state index contributed by atoms with van der Waals surface area (Å²) in [4.78, 5) is 79.5. The Morgan fingerprint density at radius 1 is 1.00 bits per heavy atom. The van der Waals surface area contributed by atoms with Gasteiger partial charge in [-0.1, -0.05) is 12.2 Å². The fourth-order valence-corrected chi connectivity index (χ4v) is 9.82. The molecule has 0 radical (unpaired) electrons. The molecule has 1 saturated heterocycles. The number of rotatable bonds is 12. The summed E-state index contributed by atoms with van der Waals surface area (Å²) in [5.41, 5.74) is 0.0955. The van der Waals surface area contributed by atoms with E-state index in [4.69, 9.17) is 28.9 Å². The number of alkyl carbamates (subject to hydrolysis) is 2. The standard InChI is InChI=1S/C44H58N7O11PS/c1-25(2)46-41-48-35(23-64-41)34-20-37(31-16-14-29(59-3)18-33(31)47-34)60-30-19-36-38(52)50-44(40(54)55)21-26(44)10-6-7-13-28(61-42(56)45-24-63(4,5)58)15-17-32(39(53)51(36)22-30)49-43(57)62-27-11-8-9-12-27/h6,10,14,16,18,20,23,25-28,30,32,36H,7-9,11-13,15,17,19,21-22,24H2,1-5H3,(H,45,56)(H,46,48)(H,49,57)(H,50,52)(H,54,55)/b10-6-/t26-,28?,30-,32+,36+,44-/m1/s1. The van der Waals surface area contributed by atoms with Gasteiger partial charge in [0.05, 0.1) is 31.2 Å². The molecule has 1 aromatic carbocycles. The number of carbonyl (C=O) groups excluding carboxylic acids is 4. The fraction of sp³-hybridized carbons (Fsp3) is 0.568. The van der Waals surface area contributed by atoms with Crippen molar-refractivity contribution in [1.82, 2.24) is 30.8 Å². The summed E-state index contributed by atoms with van der Waals surface area (Å²) in [5, 5.41) is 25.1.